The van der Waals surface area contributed by atoms with E-state index in [2.05, 4.69) is 9.64 Å². The number of rotatable bonds is 10. The SMILES string of the molecule is CCN(CC)C(Cc1ccc(OC(F)(F)F)cc1)CN(c1sc2ccccc2c1C)S(=O)[O-]. The molecule has 0 spiro atoms. The number of alkyl halides is 3. The maximum Gasteiger partial charge on any atom is 0.573 e. The van der Waals surface area contributed by atoms with Gasteiger partial charge in [-0.2, -0.15) is 0 Å². The average molecular weight is 500 g/mol. The zero-order valence-electron chi connectivity index (χ0n) is 18.6. The largest absolute Gasteiger partial charge is 0.755 e. The summed E-state index contributed by atoms with van der Waals surface area (Å²) in [5.41, 5.74) is 1.71. The molecule has 1 aromatic heterocycles. The van der Waals surface area contributed by atoms with Gasteiger partial charge in [-0.1, -0.05) is 44.2 Å². The molecule has 180 valence electrons. The third-order valence-electron chi connectivity index (χ3n) is 5.56. The summed E-state index contributed by atoms with van der Waals surface area (Å²) in [4.78, 5) is 2.16. The highest BCUT2D eigenvalue weighted by atomic mass is 32.2. The molecule has 0 bridgehead atoms. The van der Waals surface area contributed by atoms with E-state index in [1.54, 1.807) is 12.1 Å². The number of thiophene rings is 1. The van der Waals surface area contributed by atoms with Crippen molar-refractivity contribution in [2.45, 2.75) is 39.6 Å². The lowest BCUT2D eigenvalue weighted by atomic mass is 10.0. The molecule has 0 saturated carbocycles. The number of benzene rings is 2. The van der Waals surface area contributed by atoms with Crippen LogP contribution >= 0.6 is 11.3 Å². The van der Waals surface area contributed by atoms with E-state index in [-0.39, 0.29) is 18.3 Å². The second kappa shape index (κ2) is 10.9. The molecule has 33 heavy (non-hydrogen) atoms. The van der Waals surface area contributed by atoms with Gasteiger partial charge in [-0.15, -0.1) is 24.5 Å². The summed E-state index contributed by atoms with van der Waals surface area (Å²) in [6.45, 7) is 7.56. The van der Waals surface area contributed by atoms with Crippen molar-refractivity contribution in [3.8, 4) is 5.75 Å². The van der Waals surface area contributed by atoms with Crippen LogP contribution in [0.15, 0.2) is 48.5 Å². The van der Waals surface area contributed by atoms with Crippen molar-refractivity contribution in [1.82, 2.24) is 4.90 Å². The highest BCUT2D eigenvalue weighted by molar-refractivity contribution is 7.81. The Bertz CT molecular complexity index is 1080. The van der Waals surface area contributed by atoms with Gasteiger partial charge in [0, 0.05) is 28.6 Å². The fourth-order valence-corrected chi connectivity index (χ4v) is 5.94. The topological polar surface area (TPSA) is 55.8 Å². The Balaban J connectivity index is 1.87. The van der Waals surface area contributed by atoms with Gasteiger partial charge in [-0.25, -0.2) is 0 Å². The van der Waals surface area contributed by atoms with Crippen LogP contribution in [-0.4, -0.2) is 45.7 Å². The van der Waals surface area contributed by atoms with E-state index >= 15 is 0 Å². The lowest BCUT2D eigenvalue weighted by Crippen LogP contribution is -2.46. The second-order valence-electron chi connectivity index (χ2n) is 7.58. The zero-order chi connectivity index (χ0) is 24.2. The Labute approximate surface area is 198 Å². The summed E-state index contributed by atoms with van der Waals surface area (Å²) in [7, 11) is 0. The molecule has 0 fully saturated rings. The van der Waals surface area contributed by atoms with Gasteiger partial charge >= 0.3 is 6.36 Å². The molecule has 0 radical (unpaired) electrons. The van der Waals surface area contributed by atoms with Gasteiger partial charge in [0.15, 0.2) is 0 Å². The predicted octanol–water partition coefficient (Wildman–Crippen LogP) is 5.66. The number of fused-ring (bicyclic) bond motifs is 1. The predicted molar refractivity (Wildman–Crippen MR) is 126 cm³/mol. The van der Waals surface area contributed by atoms with Crippen molar-refractivity contribution < 1.29 is 26.7 Å². The first-order chi connectivity index (χ1) is 15.6. The molecule has 0 amide bonds. The molecule has 0 saturated heterocycles. The average Bonchev–Trinajstić information content (AvgIpc) is 3.09. The fourth-order valence-electron chi connectivity index (χ4n) is 3.95. The Morgan fingerprint density at radius 2 is 1.73 bits per heavy atom. The third kappa shape index (κ3) is 6.47. The van der Waals surface area contributed by atoms with Crippen molar-refractivity contribution in [1.29, 1.82) is 0 Å². The molecule has 0 aliphatic heterocycles. The monoisotopic (exact) mass is 499 g/mol. The van der Waals surface area contributed by atoms with Gasteiger partial charge in [0.1, 0.15) is 10.8 Å². The minimum atomic E-state index is -4.74. The molecule has 10 heteroatoms. The number of hydrogen-bond acceptors (Lipinski definition) is 5. The Morgan fingerprint density at radius 1 is 1.09 bits per heavy atom. The minimum absolute atomic E-state index is 0.170. The summed E-state index contributed by atoms with van der Waals surface area (Å²) in [5.74, 6) is -0.283. The van der Waals surface area contributed by atoms with E-state index in [1.165, 1.54) is 27.8 Å². The summed E-state index contributed by atoms with van der Waals surface area (Å²) in [6.07, 6.45) is -4.27. The molecular weight excluding hydrogens is 473 g/mol. The number of halogens is 3. The third-order valence-corrected chi connectivity index (χ3v) is 7.66. The Morgan fingerprint density at radius 3 is 2.27 bits per heavy atom. The van der Waals surface area contributed by atoms with Gasteiger partial charge in [-0.3, -0.25) is 13.4 Å². The minimum Gasteiger partial charge on any atom is -0.755 e. The van der Waals surface area contributed by atoms with Gasteiger partial charge in [0.05, 0.1) is 0 Å². The van der Waals surface area contributed by atoms with Crippen molar-refractivity contribution in [3.63, 3.8) is 0 Å². The number of aryl methyl sites for hydroxylation is 1. The lowest BCUT2D eigenvalue weighted by Gasteiger charge is -2.36. The van der Waals surface area contributed by atoms with Crippen LogP contribution in [-0.2, 0) is 17.7 Å². The van der Waals surface area contributed by atoms with Crippen molar-refractivity contribution >= 4 is 37.7 Å². The molecule has 0 aliphatic rings. The number of nitrogens with zero attached hydrogens (tertiary/aromatic N) is 2. The highest BCUT2D eigenvalue weighted by Gasteiger charge is 2.31. The lowest BCUT2D eigenvalue weighted by molar-refractivity contribution is -0.274. The number of ether oxygens (including phenoxy) is 1. The standard InChI is InChI=1S/C23H27F3N2O3S2/c1-4-27(5-2)18(14-17-10-12-19(13-11-17)31-23(24,25)26)15-28(33(29)30)22-16(3)20-8-6-7-9-21(20)32-22/h6-13,18H,4-5,14-15H2,1-3H3,(H,29,30)/p-1. The quantitative estimate of drug-likeness (QED) is 0.338. The van der Waals surface area contributed by atoms with Crippen LogP contribution in [0.4, 0.5) is 18.2 Å². The van der Waals surface area contributed by atoms with Crippen LogP contribution < -0.4 is 9.04 Å². The van der Waals surface area contributed by atoms with Crippen LogP contribution in [0.2, 0.25) is 0 Å². The maximum atomic E-state index is 12.4. The molecule has 0 aliphatic carbocycles. The van der Waals surface area contributed by atoms with E-state index in [9.17, 15) is 21.9 Å². The van der Waals surface area contributed by atoms with Crippen LogP contribution in [0.5, 0.6) is 5.75 Å². The molecule has 2 atom stereocenters. The molecule has 5 nitrogen and oxygen atoms in total. The smallest absolute Gasteiger partial charge is 0.573 e. The summed E-state index contributed by atoms with van der Waals surface area (Å²) >= 11 is -1.05. The van der Waals surface area contributed by atoms with E-state index in [4.69, 9.17) is 0 Å². The van der Waals surface area contributed by atoms with E-state index in [1.807, 2.05) is 45.0 Å². The first kappa shape index (κ1) is 25.5. The van der Waals surface area contributed by atoms with E-state index in [0.717, 1.165) is 21.2 Å². The van der Waals surface area contributed by atoms with E-state index < -0.39 is 17.6 Å². The van der Waals surface area contributed by atoms with Crippen molar-refractivity contribution in [2.75, 3.05) is 23.9 Å². The molecular formula is C23H26F3N2O3S2-. The molecule has 0 N–H and O–H groups in total. The molecule has 3 rings (SSSR count). The molecule has 2 aromatic carbocycles. The number of anilines is 1. The van der Waals surface area contributed by atoms with Crippen LogP contribution in [0.3, 0.4) is 0 Å². The summed E-state index contributed by atoms with van der Waals surface area (Å²) < 4.78 is 68.3. The van der Waals surface area contributed by atoms with Crippen molar-refractivity contribution in [2.24, 2.45) is 0 Å². The maximum absolute atomic E-state index is 12.4. The van der Waals surface area contributed by atoms with Gasteiger partial charge in [0.2, 0.25) is 0 Å². The number of likely N-dealkylation sites (N-methyl/N-ethyl adjacent to an activating group) is 1. The van der Waals surface area contributed by atoms with Crippen LogP contribution in [0, 0.1) is 6.92 Å². The highest BCUT2D eigenvalue weighted by Crippen LogP contribution is 2.38. The number of hydrogen-bond donors (Lipinski definition) is 0. The first-order valence-electron chi connectivity index (χ1n) is 10.6. The Hall–Kier alpha value is -2.14. The summed E-state index contributed by atoms with van der Waals surface area (Å²) in [5, 5.41) is 1.70. The zero-order valence-corrected chi connectivity index (χ0v) is 20.2. The van der Waals surface area contributed by atoms with Gasteiger partial charge < -0.3 is 9.29 Å². The van der Waals surface area contributed by atoms with Gasteiger partial charge in [-0.05, 0) is 61.1 Å². The fraction of sp³-hybridized carbons (Fsp3) is 0.391. The normalized spacial score (nSPS) is 13.9. The summed E-state index contributed by atoms with van der Waals surface area (Å²) in [6, 6.07) is 13.3. The van der Waals surface area contributed by atoms with Gasteiger partial charge in [0.25, 0.3) is 0 Å². The van der Waals surface area contributed by atoms with Crippen LogP contribution in [0.1, 0.15) is 25.0 Å². The van der Waals surface area contributed by atoms with Crippen molar-refractivity contribution in [3.05, 3.63) is 59.7 Å². The van der Waals surface area contributed by atoms with E-state index in [0.29, 0.717) is 24.5 Å². The molecule has 2 unspecified atom stereocenters. The molecule has 1 heterocycles. The second-order valence-corrected chi connectivity index (χ2v) is 9.48. The first-order valence-corrected chi connectivity index (χ1v) is 12.4. The molecule has 3 aromatic rings. The van der Waals surface area contributed by atoms with Crippen LogP contribution in [0.25, 0.3) is 10.1 Å². The Kier molecular flexibility index (Phi) is 8.38.